The summed E-state index contributed by atoms with van der Waals surface area (Å²) in [5.41, 5.74) is 6.00. The van der Waals surface area contributed by atoms with Crippen molar-refractivity contribution in [2.75, 3.05) is 54.4 Å². The highest BCUT2D eigenvalue weighted by atomic mass is 16.2. The van der Waals surface area contributed by atoms with Crippen LogP contribution in [0.4, 0.5) is 21.9 Å². The molecule has 1 aromatic carbocycles. The Hall–Kier alpha value is -5.88. The monoisotopic (exact) mass is 753 g/mol. The number of urea groups is 1. The molecule has 4 fully saturated rings. The molecule has 2 N–H and O–H groups in total. The number of nitrogens with one attached hydrogen (secondary N) is 2. The average molecular weight is 754 g/mol. The molecule has 15 nitrogen and oxygen atoms in total. The molecule has 2 saturated carbocycles. The summed E-state index contributed by atoms with van der Waals surface area (Å²) < 4.78 is 3.59. The van der Waals surface area contributed by atoms with Gasteiger partial charge < -0.3 is 10.2 Å². The number of pyridine rings is 2. The zero-order chi connectivity index (χ0) is 38.0. The molecule has 15 heteroatoms. The van der Waals surface area contributed by atoms with E-state index in [9.17, 15) is 14.9 Å². The highest BCUT2D eigenvalue weighted by Gasteiger charge is 2.28. The van der Waals surface area contributed by atoms with Gasteiger partial charge in [0.15, 0.2) is 11.5 Å². The highest BCUT2D eigenvalue weighted by Crippen LogP contribution is 2.37. The van der Waals surface area contributed by atoms with Gasteiger partial charge in [-0.15, -0.1) is 5.10 Å². The number of aromatic nitrogens is 7. The van der Waals surface area contributed by atoms with Crippen molar-refractivity contribution in [2.24, 2.45) is 5.92 Å². The predicted octanol–water partition coefficient (Wildman–Crippen LogP) is 5.55. The lowest BCUT2D eigenvalue weighted by Crippen LogP contribution is -2.49. The lowest BCUT2D eigenvalue weighted by molar-refractivity contribution is -0.120. The van der Waals surface area contributed by atoms with Gasteiger partial charge in [-0.3, -0.25) is 19.9 Å². The fraction of sp³-hybridized carbons (Fsp3) is 0.463. The number of piperazine rings is 1. The highest BCUT2D eigenvalue weighted by molar-refractivity contribution is 6.05. The molecule has 9 rings (SSSR count). The zero-order valence-corrected chi connectivity index (χ0v) is 31.6. The number of carbonyl (C=O) groups excluding carboxylic acids is 2. The van der Waals surface area contributed by atoms with Gasteiger partial charge in [-0.25, -0.2) is 19.4 Å². The largest absolute Gasteiger partial charge is 0.380 e. The van der Waals surface area contributed by atoms with Crippen molar-refractivity contribution >= 4 is 40.0 Å². The topological polar surface area (TPSA) is 166 Å². The smallest absolute Gasteiger partial charge is 0.328 e. The minimum atomic E-state index is -0.349. The van der Waals surface area contributed by atoms with Gasteiger partial charge >= 0.3 is 6.03 Å². The van der Waals surface area contributed by atoms with Crippen LogP contribution in [-0.2, 0) is 4.79 Å². The van der Waals surface area contributed by atoms with Crippen LogP contribution in [0.3, 0.4) is 0 Å². The number of carbonyl (C=O) groups is 2. The third-order valence-corrected chi connectivity index (χ3v) is 12.2. The average Bonchev–Trinajstić information content (AvgIpc) is 4.03. The van der Waals surface area contributed by atoms with E-state index < -0.39 is 0 Å². The van der Waals surface area contributed by atoms with Crippen molar-refractivity contribution in [1.29, 1.82) is 5.26 Å². The standard InChI is InChI=1S/C41H47N13O2/c42-23-29-21-31-25-45-54(40(31)44-24-29)38-22-35(46-32-3-1-2-4-32)37(26-43-38)53-27-36(48-49-53)30-7-5-28(6-8-30)13-15-50-17-19-51(20-18-50)33-9-11-34(12-10-33)52-16-14-39(55)47-41(52)56/h9-12,21-22,24-28,30,32H,1-8,13-20H2,(H,43,46)(H,47,55,56). The molecule has 2 aliphatic carbocycles. The quantitative estimate of drug-likeness (QED) is 0.184. The molecule has 4 aromatic heterocycles. The van der Waals surface area contributed by atoms with E-state index in [0.29, 0.717) is 42.0 Å². The molecule has 0 radical (unpaired) electrons. The number of amides is 3. The van der Waals surface area contributed by atoms with Gasteiger partial charge in [-0.1, -0.05) is 18.1 Å². The van der Waals surface area contributed by atoms with Gasteiger partial charge in [-0.05, 0) is 87.7 Å². The van der Waals surface area contributed by atoms with Gasteiger partial charge in [0, 0.05) is 80.1 Å². The third kappa shape index (κ3) is 7.53. The molecule has 5 aromatic rings. The first-order valence-corrected chi connectivity index (χ1v) is 20.1. The van der Waals surface area contributed by atoms with Gasteiger partial charge in [0.2, 0.25) is 5.91 Å². The normalized spacial score (nSPS) is 21.1. The second kappa shape index (κ2) is 15.7. The van der Waals surface area contributed by atoms with Gasteiger partial charge in [-0.2, -0.15) is 15.0 Å². The Morgan fingerprint density at radius 3 is 2.43 bits per heavy atom. The molecular weight excluding hydrogens is 707 g/mol. The maximum Gasteiger partial charge on any atom is 0.328 e. The van der Waals surface area contributed by atoms with Crippen molar-refractivity contribution in [1.82, 2.24) is 45.0 Å². The number of rotatable bonds is 10. The van der Waals surface area contributed by atoms with Crippen LogP contribution >= 0.6 is 0 Å². The van der Waals surface area contributed by atoms with Crippen molar-refractivity contribution in [2.45, 2.75) is 76.2 Å². The van der Waals surface area contributed by atoms with Crippen LogP contribution < -0.4 is 20.4 Å². The van der Waals surface area contributed by atoms with Crippen LogP contribution in [0.2, 0.25) is 0 Å². The molecule has 0 bridgehead atoms. The minimum absolute atomic E-state index is 0.216. The van der Waals surface area contributed by atoms with E-state index in [2.05, 4.69) is 65.2 Å². The molecule has 4 aliphatic rings. The number of fused-ring (bicyclic) bond motifs is 1. The summed E-state index contributed by atoms with van der Waals surface area (Å²) >= 11 is 0. The van der Waals surface area contributed by atoms with Crippen LogP contribution in [0.5, 0.6) is 0 Å². The first-order chi connectivity index (χ1) is 27.5. The molecule has 56 heavy (non-hydrogen) atoms. The second-order valence-electron chi connectivity index (χ2n) is 15.7. The molecule has 3 amide bonds. The van der Waals surface area contributed by atoms with Crippen molar-refractivity contribution in [3.8, 4) is 17.6 Å². The number of nitriles is 1. The Balaban J connectivity index is 0.781. The van der Waals surface area contributed by atoms with Crippen LogP contribution in [0.15, 0.2) is 61.2 Å². The van der Waals surface area contributed by atoms with Crippen molar-refractivity contribution < 1.29 is 9.59 Å². The molecular formula is C41H47N13O2. The maximum atomic E-state index is 12.2. The van der Waals surface area contributed by atoms with Crippen molar-refractivity contribution in [3.05, 3.63) is 72.4 Å². The molecule has 6 heterocycles. The summed E-state index contributed by atoms with van der Waals surface area (Å²) in [6, 6.07) is 14.1. The number of imide groups is 1. The van der Waals surface area contributed by atoms with Crippen LogP contribution in [-0.4, -0.2) is 96.9 Å². The van der Waals surface area contributed by atoms with Crippen LogP contribution in [0.1, 0.15) is 81.4 Å². The molecule has 288 valence electrons. The fourth-order valence-corrected chi connectivity index (χ4v) is 8.87. The second-order valence-corrected chi connectivity index (χ2v) is 15.7. The maximum absolute atomic E-state index is 12.2. The van der Waals surface area contributed by atoms with E-state index >= 15 is 0 Å². The Labute approximate surface area is 325 Å². The van der Waals surface area contributed by atoms with Gasteiger partial charge in [0.05, 0.1) is 35.5 Å². The van der Waals surface area contributed by atoms with E-state index in [1.807, 2.05) is 29.1 Å². The lowest BCUT2D eigenvalue weighted by atomic mass is 9.79. The summed E-state index contributed by atoms with van der Waals surface area (Å²) in [6.45, 7) is 5.60. The van der Waals surface area contributed by atoms with E-state index in [-0.39, 0.29) is 11.9 Å². The molecule has 0 unspecified atom stereocenters. The predicted molar refractivity (Wildman–Crippen MR) is 212 cm³/mol. The summed E-state index contributed by atoms with van der Waals surface area (Å²) in [4.78, 5) is 39.7. The Morgan fingerprint density at radius 1 is 0.875 bits per heavy atom. The van der Waals surface area contributed by atoms with Crippen molar-refractivity contribution in [3.63, 3.8) is 0 Å². The van der Waals surface area contributed by atoms with Crippen LogP contribution in [0.25, 0.3) is 22.5 Å². The van der Waals surface area contributed by atoms with Gasteiger partial charge in [0.25, 0.3) is 0 Å². The first kappa shape index (κ1) is 35.8. The third-order valence-electron chi connectivity index (χ3n) is 12.2. The summed E-state index contributed by atoms with van der Waals surface area (Å²) in [6.07, 6.45) is 18.1. The summed E-state index contributed by atoms with van der Waals surface area (Å²) in [7, 11) is 0. The molecule has 2 saturated heterocycles. The van der Waals surface area contributed by atoms with E-state index in [0.717, 1.165) is 92.5 Å². The lowest BCUT2D eigenvalue weighted by Gasteiger charge is -2.37. The Bertz CT molecular complexity index is 2240. The minimum Gasteiger partial charge on any atom is -0.380 e. The van der Waals surface area contributed by atoms with Gasteiger partial charge in [0.1, 0.15) is 11.8 Å². The first-order valence-electron chi connectivity index (χ1n) is 20.1. The van der Waals surface area contributed by atoms with E-state index in [1.54, 1.807) is 28.0 Å². The SMILES string of the molecule is N#Cc1cnc2c(cnn2-c2cc(NC3CCCC3)c(-n3cc(C4CCC(CCN5CCN(c6ccc(N7CCC(=O)NC7=O)cc6)CC5)CC4)nn3)cn2)c1. The Kier molecular flexibility index (Phi) is 10.0. The number of nitrogens with zero attached hydrogens (tertiary/aromatic N) is 11. The zero-order valence-electron chi connectivity index (χ0n) is 31.6. The van der Waals surface area contributed by atoms with E-state index in [1.165, 1.54) is 37.8 Å². The molecule has 0 atom stereocenters. The number of hydrogen-bond acceptors (Lipinski definition) is 11. The number of hydrogen-bond donors (Lipinski definition) is 2. The summed E-state index contributed by atoms with van der Waals surface area (Å²) in [5.74, 6) is 1.57. The molecule has 0 spiro atoms. The number of anilines is 3. The Morgan fingerprint density at radius 2 is 1.66 bits per heavy atom. The fourth-order valence-electron chi connectivity index (χ4n) is 8.87. The van der Waals surface area contributed by atoms with E-state index in [4.69, 9.17) is 4.98 Å². The van der Waals surface area contributed by atoms with Crippen LogP contribution in [0, 0.1) is 17.2 Å². The summed E-state index contributed by atoms with van der Waals surface area (Å²) in [5, 5.41) is 30.1. The molecule has 2 aliphatic heterocycles. The number of benzene rings is 1.